The number of ether oxygens (including phenoxy) is 1. The van der Waals surface area contributed by atoms with Crippen LogP contribution in [0.5, 0.6) is 0 Å². The van der Waals surface area contributed by atoms with Gasteiger partial charge in [0.25, 0.3) is 0 Å². The molecule has 1 amide bonds. The third-order valence-electron chi connectivity index (χ3n) is 4.03. The predicted molar refractivity (Wildman–Crippen MR) is 81.8 cm³/mol. The van der Waals surface area contributed by atoms with Crippen molar-refractivity contribution in [2.45, 2.75) is 26.3 Å². The molecule has 0 saturated carbocycles. The van der Waals surface area contributed by atoms with Crippen molar-refractivity contribution < 1.29 is 9.53 Å². The summed E-state index contributed by atoms with van der Waals surface area (Å²) in [5.41, 5.74) is -0.340. The first-order valence-electron chi connectivity index (χ1n) is 7.23. The topological polar surface area (TPSA) is 41.6 Å². The van der Waals surface area contributed by atoms with E-state index in [-0.39, 0.29) is 11.3 Å². The minimum atomic E-state index is -0.340. The fourth-order valence-corrected chi connectivity index (χ4v) is 3.57. The maximum atomic E-state index is 13.0. The first-order valence-corrected chi connectivity index (χ1v) is 8.11. The van der Waals surface area contributed by atoms with Crippen molar-refractivity contribution in [2.24, 2.45) is 5.41 Å². The van der Waals surface area contributed by atoms with E-state index in [2.05, 4.69) is 16.8 Å². The molecule has 1 aromatic heterocycles. The van der Waals surface area contributed by atoms with Crippen LogP contribution in [0, 0.1) is 5.41 Å². The van der Waals surface area contributed by atoms with Crippen LogP contribution in [-0.2, 0) is 16.1 Å². The van der Waals surface area contributed by atoms with E-state index in [1.165, 1.54) is 4.88 Å². The van der Waals surface area contributed by atoms with Crippen LogP contribution >= 0.6 is 11.3 Å². The highest BCUT2D eigenvalue weighted by atomic mass is 32.1. The van der Waals surface area contributed by atoms with Crippen molar-refractivity contribution >= 4 is 17.2 Å². The van der Waals surface area contributed by atoms with E-state index in [9.17, 15) is 4.79 Å². The largest absolute Gasteiger partial charge is 0.384 e. The Morgan fingerprint density at radius 2 is 2.25 bits per heavy atom. The number of hydrogen-bond acceptors (Lipinski definition) is 4. The molecule has 1 fully saturated rings. The van der Waals surface area contributed by atoms with Crippen LogP contribution in [-0.4, -0.2) is 44.2 Å². The zero-order valence-electron chi connectivity index (χ0n) is 12.4. The molecular formula is C15H24N2O2S. The second kappa shape index (κ2) is 7.20. The lowest BCUT2D eigenvalue weighted by Gasteiger charge is -2.39. The molecule has 1 saturated heterocycles. The van der Waals surface area contributed by atoms with Gasteiger partial charge in [0.1, 0.15) is 0 Å². The number of nitrogens with zero attached hydrogens (tertiary/aromatic N) is 1. The zero-order valence-corrected chi connectivity index (χ0v) is 13.2. The average molecular weight is 296 g/mol. The summed E-state index contributed by atoms with van der Waals surface area (Å²) in [7, 11) is 1.69. The smallest absolute Gasteiger partial charge is 0.231 e. The predicted octanol–water partition coefficient (Wildman–Crippen LogP) is 2.11. The number of thiophene rings is 1. The highest BCUT2D eigenvalue weighted by Gasteiger charge is 2.41. The molecule has 112 valence electrons. The second-order valence-electron chi connectivity index (χ2n) is 5.36. The van der Waals surface area contributed by atoms with Crippen molar-refractivity contribution in [3.05, 3.63) is 22.4 Å². The van der Waals surface area contributed by atoms with Gasteiger partial charge in [-0.05, 0) is 44.3 Å². The first kappa shape index (κ1) is 15.5. The van der Waals surface area contributed by atoms with Crippen molar-refractivity contribution in [3.8, 4) is 0 Å². The summed E-state index contributed by atoms with van der Waals surface area (Å²) in [6.07, 6.45) is 1.72. The highest BCUT2D eigenvalue weighted by Crippen LogP contribution is 2.32. The summed E-state index contributed by atoms with van der Waals surface area (Å²) in [4.78, 5) is 16.2. The Morgan fingerprint density at radius 1 is 1.50 bits per heavy atom. The van der Waals surface area contributed by atoms with Crippen LogP contribution in [0.2, 0.25) is 0 Å². The van der Waals surface area contributed by atoms with Crippen LogP contribution in [0.25, 0.3) is 0 Å². The Kier molecular flexibility index (Phi) is 5.57. The molecule has 0 aliphatic carbocycles. The molecule has 4 nitrogen and oxygen atoms in total. The number of methoxy groups -OCH3 is 1. The summed E-state index contributed by atoms with van der Waals surface area (Å²) < 4.78 is 5.36. The Labute approximate surface area is 125 Å². The summed E-state index contributed by atoms with van der Waals surface area (Å²) in [6.45, 7) is 5.82. The lowest BCUT2D eigenvalue weighted by atomic mass is 9.78. The Balaban J connectivity index is 2.11. The number of piperidine rings is 1. The van der Waals surface area contributed by atoms with E-state index in [1.54, 1.807) is 18.4 Å². The minimum absolute atomic E-state index is 0.247. The fraction of sp³-hybridized carbons (Fsp3) is 0.667. The van der Waals surface area contributed by atoms with Gasteiger partial charge in [0, 0.05) is 18.5 Å². The first-order chi connectivity index (χ1) is 9.72. The molecule has 20 heavy (non-hydrogen) atoms. The number of carbonyl (C=O) groups is 1. The van der Waals surface area contributed by atoms with Gasteiger partial charge >= 0.3 is 0 Å². The van der Waals surface area contributed by atoms with Crippen LogP contribution in [0.3, 0.4) is 0 Å². The number of amides is 1. The standard InChI is InChI=1S/C15H24N2O2S/c1-3-17(11-13-5-4-10-20-13)14(18)15(12-19-2)6-8-16-9-7-15/h4-5,10,16H,3,6-9,11-12H2,1-2H3. The van der Waals surface area contributed by atoms with E-state index in [0.29, 0.717) is 13.2 Å². The van der Waals surface area contributed by atoms with Crippen LogP contribution < -0.4 is 5.32 Å². The third-order valence-corrected chi connectivity index (χ3v) is 4.89. The van der Waals surface area contributed by atoms with E-state index >= 15 is 0 Å². The maximum Gasteiger partial charge on any atom is 0.231 e. The summed E-state index contributed by atoms with van der Waals surface area (Å²) in [5.74, 6) is 0.247. The number of carbonyl (C=O) groups excluding carboxylic acids is 1. The highest BCUT2D eigenvalue weighted by molar-refractivity contribution is 7.09. The molecule has 0 aromatic carbocycles. The van der Waals surface area contributed by atoms with Gasteiger partial charge in [-0.25, -0.2) is 0 Å². The molecular weight excluding hydrogens is 272 g/mol. The number of rotatable bonds is 6. The molecule has 0 spiro atoms. The Morgan fingerprint density at radius 3 is 2.80 bits per heavy atom. The van der Waals surface area contributed by atoms with Gasteiger partial charge < -0.3 is 15.0 Å². The Hall–Kier alpha value is -0.910. The molecule has 2 heterocycles. The van der Waals surface area contributed by atoms with E-state index < -0.39 is 0 Å². The summed E-state index contributed by atoms with van der Waals surface area (Å²) in [6, 6.07) is 4.12. The maximum absolute atomic E-state index is 13.0. The molecule has 0 unspecified atom stereocenters. The molecule has 0 bridgehead atoms. The van der Waals surface area contributed by atoms with Gasteiger partial charge in [-0.2, -0.15) is 0 Å². The van der Waals surface area contributed by atoms with Crippen LogP contribution in [0.15, 0.2) is 17.5 Å². The van der Waals surface area contributed by atoms with Crippen molar-refractivity contribution in [1.29, 1.82) is 0 Å². The molecule has 1 aliphatic heterocycles. The van der Waals surface area contributed by atoms with E-state index in [1.807, 2.05) is 17.9 Å². The van der Waals surface area contributed by atoms with Crippen molar-refractivity contribution in [2.75, 3.05) is 33.4 Å². The summed E-state index contributed by atoms with van der Waals surface area (Å²) in [5, 5.41) is 5.39. The van der Waals surface area contributed by atoms with E-state index in [0.717, 1.165) is 32.5 Å². The summed E-state index contributed by atoms with van der Waals surface area (Å²) >= 11 is 1.71. The molecule has 1 aliphatic rings. The lowest BCUT2D eigenvalue weighted by molar-refractivity contribution is -0.148. The van der Waals surface area contributed by atoms with Gasteiger partial charge in [-0.1, -0.05) is 6.07 Å². The number of nitrogens with one attached hydrogen (secondary N) is 1. The monoisotopic (exact) mass is 296 g/mol. The van der Waals surface area contributed by atoms with Gasteiger partial charge in [-0.15, -0.1) is 11.3 Å². The SMILES string of the molecule is CCN(Cc1cccs1)C(=O)C1(COC)CCNCC1. The molecule has 0 radical (unpaired) electrons. The van der Waals surface area contributed by atoms with Gasteiger partial charge in [-0.3, -0.25) is 4.79 Å². The quantitative estimate of drug-likeness (QED) is 0.874. The third kappa shape index (κ3) is 3.40. The zero-order chi connectivity index (χ0) is 14.4. The second-order valence-corrected chi connectivity index (χ2v) is 6.39. The van der Waals surface area contributed by atoms with E-state index in [4.69, 9.17) is 4.74 Å². The number of hydrogen-bond donors (Lipinski definition) is 1. The fourth-order valence-electron chi connectivity index (χ4n) is 2.85. The molecule has 1 N–H and O–H groups in total. The molecule has 1 aromatic rings. The average Bonchev–Trinajstić information content (AvgIpc) is 2.98. The van der Waals surface area contributed by atoms with Gasteiger partial charge in [0.2, 0.25) is 5.91 Å². The van der Waals surface area contributed by atoms with Gasteiger partial charge in [0.05, 0.1) is 18.6 Å². The molecule has 0 atom stereocenters. The minimum Gasteiger partial charge on any atom is -0.384 e. The molecule has 5 heteroatoms. The van der Waals surface area contributed by atoms with Gasteiger partial charge in [0.15, 0.2) is 0 Å². The van der Waals surface area contributed by atoms with Crippen LogP contribution in [0.1, 0.15) is 24.6 Å². The Bertz CT molecular complexity index is 408. The lowest BCUT2D eigenvalue weighted by Crippen LogP contribution is -2.51. The van der Waals surface area contributed by atoms with Crippen LogP contribution in [0.4, 0.5) is 0 Å². The van der Waals surface area contributed by atoms with Crippen molar-refractivity contribution in [3.63, 3.8) is 0 Å². The van der Waals surface area contributed by atoms with Crippen molar-refractivity contribution in [1.82, 2.24) is 10.2 Å². The molecule has 2 rings (SSSR count). The normalized spacial score (nSPS) is 17.9.